The van der Waals surface area contributed by atoms with Gasteiger partial charge in [0.1, 0.15) is 12.2 Å². The van der Waals surface area contributed by atoms with Crippen LogP contribution in [0.15, 0.2) is 23.8 Å². The SMILES string of the molecule is C[C@@H]1C[C@H]2C3CCC4=CC(=O)C=C[C@]4(C)[C@@]3(F)[C@@H](O)C[C@]2(C)[C@@]1(O)C(=O)CO. The molecule has 0 amide bonds. The molecule has 1 unspecified atom stereocenters. The molecule has 5 nitrogen and oxygen atoms in total. The fourth-order valence-electron chi connectivity index (χ4n) is 7.26. The molecule has 154 valence electrons. The number of rotatable bonds is 2. The number of Topliss-reactive ketones (excluding diaryl/α,β-unsaturated/α-hetero) is 1. The van der Waals surface area contributed by atoms with Gasteiger partial charge in [-0.15, -0.1) is 0 Å². The van der Waals surface area contributed by atoms with Gasteiger partial charge in [0.25, 0.3) is 0 Å². The molecule has 28 heavy (non-hydrogen) atoms. The average molecular weight is 392 g/mol. The van der Waals surface area contributed by atoms with Crippen LogP contribution in [0, 0.1) is 28.6 Å². The van der Waals surface area contributed by atoms with Gasteiger partial charge in [-0.2, -0.15) is 0 Å². The molecule has 0 bridgehead atoms. The summed E-state index contributed by atoms with van der Waals surface area (Å²) in [5, 5.41) is 32.0. The van der Waals surface area contributed by atoms with Crippen molar-refractivity contribution >= 4 is 11.6 Å². The molecule has 4 rings (SSSR count). The van der Waals surface area contributed by atoms with Gasteiger partial charge in [0.2, 0.25) is 0 Å². The van der Waals surface area contributed by atoms with Crippen molar-refractivity contribution in [3.8, 4) is 0 Å². The molecule has 0 aromatic rings. The zero-order valence-corrected chi connectivity index (χ0v) is 16.6. The van der Waals surface area contributed by atoms with Crippen molar-refractivity contribution in [2.75, 3.05) is 6.61 Å². The van der Waals surface area contributed by atoms with Crippen molar-refractivity contribution in [1.29, 1.82) is 0 Å². The first-order valence-corrected chi connectivity index (χ1v) is 10.1. The van der Waals surface area contributed by atoms with E-state index in [1.807, 2.05) is 0 Å². The number of hydrogen-bond donors (Lipinski definition) is 3. The first kappa shape index (κ1) is 19.9. The number of alkyl halides is 1. The van der Waals surface area contributed by atoms with Crippen molar-refractivity contribution in [3.63, 3.8) is 0 Å². The lowest BCUT2D eigenvalue weighted by Crippen LogP contribution is -2.69. The summed E-state index contributed by atoms with van der Waals surface area (Å²) in [6.07, 6.45) is 4.44. The predicted octanol–water partition coefficient (Wildman–Crippen LogP) is 1.90. The highest BCUT2D eigenvalue weighted by molar-refractivity contribution is 6.01. The maximum atomic E-state index is 16.9. The first-order valence-electron chi connectivity index (χ1n) is 10.1. The molecule has 0 radical (unpaired) electrons. The highest BCUT2D eigenvalue weighted by atomic mass is 19.1. The Bertz CT molecular complexity index is 805. The molecule has 6 heteroatoms. The quantitative estimate of drug-likeness (QED) is 0.667. The third-order valence-corrected chi connectivity index (χ3v) is 8.79. The Morgan fingerprint density at radius 3 is 2.64 bits per heavy atom. The molecule has 0 saturated heterocycles. The average Bonchev–Trinajstić information content (AvgIpc) is 2.84. The fourth-order valence-corrected chi connectivity index (χ4v) is 7.26. The lowest BCUT2D eigenvalue weighted by atomic mass is 9.44. The highest BCUT2D eigenvalue weighted by Gasteiger charge is 2.75. The van der Waals surface area contributed by atoms with Gasteiger partial charge in [0.05, 0.1) is 6.10 Å². The Hall–Kier alpha value is -1.37. The molecular formula is C22H29FO5. The van der Waals surface area contributed by atoms with Crippen molar-refractivity contribution in [1.82, 2.24) is 0 Å². The van der Waals surface area contributed by atoms with Gasteiger partial charge in [0.15, 0.2) is 17.2 Å². The standard InChI is InChI=1S/C22H29FO5/c1-12-8-16-15-5-4-13-9-14(25)6-7-19(13,2)21(15,23)17(26)10-20(16,3)22(12,28)18(27)11-24/h6-7,9,12,15-17,24,26,28H,4-5,8,10-11H2,1-3H3/t12-,15?,16+,17+,19+,20+,21+,22+/m1/s1. The molecule has 0 aromatic heterocycles. The van der Waals surface area contributed by atoms with E-state index in [-0.39, 0.29) is 18.1 Å². The van der Waals surface area contributed by atoms with Crippen LogP contribution in [0.4, 0.5) is 4.39 Å². The maximum Gasteiger partial charge on any atom is 0.190 e. The van der Waals surface area contributed by atoms with E-state index in [2.05, 4.69) is 0 Å². The van der Waals surface area contributed by atoms with E-state index in [1.54, 1.807) is 26.8 Å². The second-order valence-electron chi connectivity index (χ2n) is 9.75. The summed E-state index contributed by atoms with van der Waals surface area (Å²) < 4.78 is 16.9. The summed E-state index contributed by atoms with van der Waals surface area (Å²) in [6.45, 7) is 4.48. The number of carbonyl (C=O) groups is 2. The highest BCUT2D eigenvalue weighted by Crippen LogP contribution is 2.70. The minimum Gasteiger partial charge on any atom is -0.390 e. The summed E-state index contributed by atoms with van der Waals surface area (Å²) in [7, 11) is 0. The summed E-state index contributed by atoms with van der Waals surface area (Å²) in [4.78, 5) is 24.4. The molecule has 3 saturated carbocycles. The largest absolute Gasteiger partial charge is 0.390 e. The number of fused-ring (bicyclic) bond motifs is 5. The summed E-state index contributed by atoms with van der Waals surface area (Å²) >= 11 is 0. The smallest absolute Gasteiger partial charge is 0.190 e. The van der Waals surface area contributed by atoms with Gasteiger partial charge in [0, 0.05) is 16.7 Å². The van der Waals surface area contributed by atoms with Crippen LogP contribution in [0.1, 0.15) is 46.5 Å². The zero-order valence-electron chi connectivity index (χ0n) is 16.6. The van der Waals surface area contributed by atoms with E-state index in [0.29, 0.717) is 24.8 Å². The van der Waals surface area contributed by atoms with E-state index >= 15 is 4.39 Å². The molecule has 0 aromatic carbocycles. The Kier molecular flexibility index (Phi) is 4.15. The van der Waals surface area contributed by atoms with Gasteiger partial charge in [-0.3, -0.25) is 9.59 Å². The first-order chi connectivity index (χ1) is 13.0. The van der Waals surface area contributed by atoms with Crippen molar-refractivity contribution in [2.24, 2.45) is 28.6 Å². The maximum absolute atomic E-state index is 16.9. The topological polar surface area (TPSA) is 94.8 Å². The van der Waals surface area contributed by atoms with Crippen molar-refractivity contribution in [3.05, 3.63) is 23.8 Å². The Balaban J connectivity index is 1.84. The monoisotopic (exact) mass is 392 g/mol. The van der Waals surface area contributed by atoms with Gasteiger partial charge in [-0.25, -0.2) is 4.39 Å². The van der Waals surface area contributed by atoms with Crippen molar-refractivity contribution < 1.29 is 29.3 Å². The molecule has 3 N–H and O–H groups in total. The van der Waals surface area contributed by atoms with Crippen LogP contribution in [0.5, 0.6) is 0 Å². The molecular weight excluding hydrogens is 363 g/mol. The number of aliphatic hydroxyl groups is 3. The molecule has 0 heterocycles. The van der Waals surface area contributed by atoms with Gasteiger partial charge in [-0.1, -0.05) is 25.5 Å². The summed E-state index contributed by atoms with van der Waals surface area (Å²) in [5.41, 5.74) is -5.17. The number of aliphatic hydroxyl groups excluding tert-OH is 2. The molecule has 4 aliphatic rings. The van der Waals surface area contributed by atoms with Gasteiger partial charge < -0.3 is 15.3 Å². The van der Waals surface area contributed by atoms with Crippen LogP contribution in [-0.4, -0.2) is 50.9 Å². The van der Waals surface area contributed by atoms with Crippen LogP contribution in [-0.2, 0) is 9.59 Å². The summed E-state index contributed by atoms with van der Waals surface area (Å²) in [6, 6.07) is 0. The van der Waals surface area contributed by atoms with Crippen molar-refractivity contribution in [2.45, 2.75) is 63.8 Å². The van der Waals surface area contributed by atoms with Crippen LogP contribution in [0.25, 0.3) is 0 Å². The number of ketones is 2. The van der Waals surface area contributed by atoms with E-state index < -0.39 is 52.4 Å². The van der Waals surface area contributed by atoms with Gasteiger partial charge in [-0.05, 0) is 56.6 Å². The fraction of sp³-hybridized carbons (Fsp3) is 0.727. The Morgan fingerprint density at radius 2 is 2.00 bits per heavy atom. The lowest BCUT2D eigenvalue weighted by Gasteiger charge is -2.62. The van der Waals surface area contributed by atoms with E-state index in [9.17, 15) is 24.9 Å². The summed E-state index contributed by atoms with van der Waals surface area (Å²) in [5.74, 6) is -2.12. The predicted molar refractivity (Wildman–Crippen MR) is 99.9 cm³/mol. The van der Waals surface area contributed by atoms with Crippen LogP contribution < -0.4 is 0 Å². The normalized spacial score (nSPS) is 52.5. The number of hydrogen-bond acceptors (Lipinski definition) is 5. The Labute approximate surface area is 164 Å². The number of carbonyl (C=O) groups excluding carboxylic acids is 2. The van der Waals surface area contributed by atoms with Crippen LogP contribution in [0.3, 0.4) is 0 Å². The molecule has 3 fully saturated rings. The number of allylic oxidation sites excluding steroid dienone is 4. The molecule has 4 aliphatic carbocycles. The minimum absolute atomic E-state index is 0.0676. The Morgan fingerprint density at radius 1 is 1.32 bits per heavy atom. The van der Waals surface area contributed by atoms with Crippen LogP contribution >= 0.6 is 0 Å². The second kappa shape index (κ2) is 5.83. The molecule has 8 atom stereocenters. The van der Waals surface area contributed by atoms with E-state index in [4.69, 9.17) is 0 Å². The van der Waals surface area contributed by atoms with Gasteiger partial charge >= 0.3 is 0 Å². The number of halogens is 1. The molecule has 0 spiro atoms. The third kappa shape index (κ3) is 2.01. The minimum atomic E-state index is -1.98. The lowest BCUT2D eigenvalue weighted by molar-refractivity contribution is -0.219. The zero-order chi connectivity index (χ0) is 20.7. The molecule has 0 aliphatic heterocycles. The van der Waals surface area contributed by atoms with E-state index in [1.165, 1.54) is 12.2 Å². The second-order valence-corrected chi connectivity index (χ2v) is 9.75. The van der Waals surface area contributed by atoms with E-state index in [0.717, 1.165) is 0 Å². The third-order valence-electron chi connectivity index (χ3n) is 8.79. The van der Waals surface area contributed by atoms with Crippen LogP contribution in [0.2, 0.25) is 0 Å².